The number of aromatic nitrogens is 3. The number of carboxylic acids is 1. The van der Waals surface area contributed by atoms with Crippen LogP contribution in [0.25, 0.3) is 11.2 Å². The number of hydrogen-bond donors (Lipinski definition) is 1. The summed E-state index contributed by atoms with van der Waals surface area (Å²) >= 11 is 0. The van der Waals surface area contributed by atoms with Gasteiger partial charge < -0.3 is 14.4 Å². The first-order valence-electron chi connectivity index (χ1n) is 14.3. The quantitative estimate of drug-likeness (QED) is 0.202. The van der Waals surface area contributed by atoms with E-state index in [0.717, 1.165) is 82.8 Å². The van der Waals surface area contributed by atoms with Crippen molar-refractivity contribution in [3.05, 3.63) is 87.9 Å². The Kier molecular flexibility index (Phi) is 9.39. The van der Waals surface area contributed by atoms with Gasteiger partial charge in [-0.25, -0.2) is 14.8 Å². The Morgan fingerprint density at radius 1 is 0.923 bits per heavy atom. The summed E-state index contributed by atoms with van der Waals surface area (Å²) in [5, 5.41) is 10.0. The molecule has 0 aliphatic rings. The lowest BCUT2D eigenvalue weighted by atomic mass is 9.97. The molecule has 2 aromatic carbocycles. The zero-order chi connectivity index (χ0) is 27.9. The van der Waals surface area contributed by atoms with Gasteiger partial charge in [-0.3, -0.25) is 0 Å². The summed E-state index contributed by atoms with van der Waals surface area (Å²) in [6.45, 7) is 11.2. The minimum atomic E-state index is -0.922. The third kappa shape index (κ3) is 6.67. The first-order valence-corrected chi connectivity index (χ1v) is 14.3. The van der Waals surface area contributed by atoms with Gasteiger partial charge >= 0.3 is 5.97 Å². The predicted molar refractivity (Wildman–Crippen MR) is 157 cm³/mol. The predicted octanol–water partition coefficient (Wildman–Crippen LogP) is 7.03. The number of carboxylic acid groups (broad SMARTS) is 1. The molecule has 0 bridgehead atoms. The lowest BCUT2D eigenvalue weighted by Gasteiger charge is -2.22. The number of imidazole rings is 1. The molecule has 0 aliphatic carbocycles. The average Bonchev–Trinajstić information content (AvgIpc) is 3.26. The van der Waals surface area contributed by atoms with Crippen LogP contribution >= 0.6 is 0 Å². The number of fused-ring (bicyclic) bond motifs is 1. The Labute approximate surface area is 232 Å². The van der Waals surface area contributed by atoms with Crippen molar-refractivity contribution in [1.29, 1.82) is 0 Å². The molecule has 0 fully saturated rings. The monoisotopic (exact) mass is 527 g/mol. The third-order valence-electron chi connectivity index (χ3n) is 7.17. The summed E-state index contributed by atoms with van der Waals surface area (Å²) in [5.41, 5.74) is 8.45. The van der Waals surface area contributed by atoms with Crippen molar-refractivity contribution < 1.29 is 14.6 Å². The number of aliphatic carboxylic acids is 1. The van der Waals surface area contributed by atoms with Crippen molar-refractivity contribution in [2.75, 3.05) is 0 Å². The molecule has 0 saturated heterocycles. The molecule has 0 amide bonds. The van der Waals surface area contributed by atoms with Crippen molar-refractivity contribution >= 4 is 17.1 Å². The molecule has 0 saturated carbocycles. The summed E-state index contributed by atoms with van der Waals surface area (Å²) in [7, 11) is 0. The van der Waals surface area contributed by atoms with Crippen LogP contribution < -0.4 is 4.74 Å². The van der Waals surface area contributed by atoms with Crippen LogP contribution in [0.5, 0.6) is 5.75 Å². The summed E-state index contributed by atoms with van der Waals surface area (Å²) in [4.78, 5) is 22.0. The second-order valence-electron chi connectivity index (χ2n) is 10.4. The van der Waals surface area contributed by atoms with Crippen molar-refractivity contribution in [2.45, 2.75) is 92.2 Å². The fourth-order valence-corrected chi connectivity index (χ4v) is 5.36. The van der Waals surface area contributed by atoms with Gasteiger partial charge in [-0.15, -0.1) is 0 Å². The zero-order valence-electron chi connectivity index (χ0n) is 24.0. The van der Waals surface area contributed by atoms with E-state index in [1.165, 1.54) is 5.56 Å². The molecular weight excluding hydrogens is 486 g/mol. The van der Waals surface area contributed by atoms with E-state index in [0.29, 0.717) is 19.4 Å². The van der Waals surface area contributed by atoms with E-state index in [9.17, 15) is 9.90 Å². The van der Waals surface area contributed by atoms with Crippen LogP contribution in [-0.2, 0) is 37.0 Å². The van der Waals surface area contributed by atoms with Crippen LogP contribution in [0, 0.1) is 13.8 Å². The van der Waals surface area contributed by atoms with Gasteiger partial charge in [-0.05, 0) is 73.4 Å². The number of nitrogens with zero attached hydrogens (tertiary/aromatic N) is 3. The SMILES string of the molecule is CCCc1cc(Cn2c(CC)nc3c(C)cc(C)nc32)cc(CCC)c1OC(CCc1ccccc1)C(=O)O. The molecule has 206 valence electrons. The summed E-state index contributed by atoms with van der Waals surface area (Å²) < 4.78 is 8.60. The molecular formula is C33H41N3O3. The smallest absolute Gasteiger partial charge is 0.344 e. The van der Waals surface area contributed by atoms with Crippen LogP contribution in [0.2, 0.25) is 0 Å². The summed E-state index contributed by atoms with van der Waals surface area (Å²) in [6.07, 6.45) is 4.54. The van der Waals surface area contributed by atoms with Gasteiger partial charge in [-0.2, -0.15) is 0 Å². The molecule has 1 unspecified atom stereocenters. The zero-order valence-corrected chi connectivity index (χ0v) is 24.0. The molecule has 0 radical (unpaired) electrons. The fraction of sp³-hybridized carbons (Fsp3) is 0.424. The third-order valence-corrected chi connectivity index (χ3v) is 7.17. The highest BCUT2D eigenvalue weighted by atomic mass is 16.5. The lowest BCUT2D eigenvalue weighted by Crippen LogP contribution is -2.28. The first kappa shape index (κ1) is 28.3. The maximum Gasteiger partial charge on any atom is 0.344 e. The number of carbonyl (C=O) groups is 1. The Hall–Kier alpha value is -3.67. The molecule has 1 N–H and O–H groups in total. The highest BCUT2D eigenvalue weighted by Gasteiger charge is 2.23. The van der Waals surface area contributed by atoms with Crippen molar-refractivity contribution in [3.8, 4) is 5.75 Å². The normalized spacial score (nSPS) is 12.1. The van der Waals surface area contributed by atoms with Gasteiger partial charge in [0.1, 0.15) is 17.1 Å². The molecule has 2 heterocycles. The molecule has 1 atom stereocenters. The van der Waals surface area contributed by atoms with Gasteiger partial charge in [-0.1, -0.05) is 76.1 Å². The maximum atomic E-state index is 12.2. The first-order chi connectivity index (χ1) is 18.8. The topological polar surface area (TPSA) is 77.2 Å². The molecule has 4 rings (SSSR count). The minimum absolute atomic E-state index is 0.420. The standard InChI is InChI=1S/C33H41N3O3/c1-6-12-26-19-25(21-36-29(8-3)35-30-22(4)18-23(5)34-32(30)36)20-27(13-7-2)31(26)39-28(33(37)38)17-16-24-14-10-9-11-15-24/h9-11,14-15,18-20,28H,6-8,12-13,16-17,21H2,1-5H3,(H,37,38). The second-order valence-corrected chi connectivity index (χ2v) is 10.4. The summed E-state index contributed by atoms with van der Waals surface area (Å²) in [6, 6.07) is 16.5. The Bertz CT molecular complexity index is 1400. The number of pyridine rings is 1. The number of hydrogen-bond acceptors (Lipinski definition) is 4. The minimum Gasteiger partial charge on any atom is -0.479 e. The van der Waals surface area contributed by atoms with Crippen LogP contribution in [0.4, 0.5) is 0 Å². The fourth-order valence-electron chi connectivity index (χ4n) is 5.36. The Morgan fingerprint density at radius 2 is 1.59 bits per heavy atom. The van der Waals surface area contributed by atoms with Gasteiger partial charge in [0, 0.05) is 12.1 Å². The largest absolute Gasteiger partial charge is 0.479 e. The van der Waals surface area contributed by atoms with Gasteiger partial charge in [0.05, 0.1) is 6.54 Å². The van der Waals surface area contributed by atoms with Gasteiger partial charge in [0.15, 0.2) is 11.8 Å². The number of aryl methyl sites for hydroxylation is 6. The van der Waals surface area contributed by atoms with E-state index in [-0.39, 0.29) is 0 Å². The van der Waals surface area contributed by atoms with Crippen LogP contribution in [0.1, 0.15) is 79.4 Å². The Balaban J connectivity index is 1.71. The molecule has 6 heteroatoms. The second kappa shape index (κ2) is 12.9. The van der Waals surface area contributed by atoms with Crippen molar-refractivity contribution in [1.82, 2.24) is 14.5 Å². The molecule has 0 spiro atoms. The van der Waals surface area contributed by atoms with E-state index >= 15 is 0 Å². The van der Waals surface area contributed by atoms with Gasteiger partial charge in [0.25, 0.3) is 0 Å². The Morgan fingerprint density at radius 3 is 2.18 bits per heavy atom. The van der Waals surface area contributed by atoms with E-state index in [1.54, 1.807) is 0 Å². The number of ether oxygens (including phenoxy) is 1. The maximum absolute atomic E-state index is 12.2. The highest BCUT2D eigenvalue weighted by Crippen LogP contribution is 2.32. The van der Waals surface area contributed by atoms with Crippen LogP contribution in [0.15, 0.2) is 48.5 Å². The van der Waals surface area contributed by atoms with E-state index < -0.39 is 12.1 Å². The van der Waals surface area contributed by atoms with Crippen molar-refractivity contribution in [2.24, 2.45) is 0 Å². The lowest BCUT2D eigenvalue weighted by molar-refractivity contribution is -0.145. The van der Waals surface area contributed by atoms with E-state index in [2.05, 4.69) is 50.5 Å². The number of benzene rings is 2. The highest BCUT2D eigenvalue weighted by molar-refractivity contribution is 5.76. The average molecular weight is 528 g/mol. The van der Waals surface area contributed by atoms with E-state index in [1.807, 2.05) is 37.3 Å². The summed E-state index contributed by atoms with van der Waals surface area (Å²) in [5.74, 6) is 0.848. The molecule has 4 aromatic rings. The van der Waals surface area contributed by atoms with E-state index in [4.69, 9.17) is 14.7 Å². The number of rotatable bonds is 13. The van der Waals surface area contributed by atoms with Gasteiger partial charge in [0.2, 0.25) is 0 Å². The van der Waals surface area contributed by atoms with Crippen molar-refractivity contribution in [3.63, 3.8) is 0 Å². The molecule has 39 heavy (non-hydrogen) atoms. The van der Waals surface area contributed by atoms with Crippen LogP contribution in [0.3, 0.4) is 0 Å². The molecule has 2 aromatic heterocycles. The molecule has 6 nitrogen and oxygen atoms in total. The molecule has 0 aliphatic heterocycles. The van der Waals surface area contributed by atoms with Crippen LogP contribution in [-0.4, -0.2) is 31.7 Å².